The van der Waals surface area contributed by atoms with Crippen molar-refractivity contribution in [2.75, 3.05) is 12.8 Å². The molecular formula is C14H15N3O2. The van der Waals surface area contributed by atoms with Gasteiger partial charge in [0, 0.05) is 11.6 Å². The fourth-order valence-corrected chi connectivity index (χ4v) is 2.25. The Bertz CT molecular complexity index is 614. The molecule has 0 saturated heterocycles. The number of aryl methyl sites for hydroxylation is 1. The molecule has 0 fully saturated rings. The van der Waals surface area contributed by atoms with Gasteiger partial charge in [0.05, 0.1) is 18.5 Å². The third-order valence-electron chi connectivity index (χ3n) is 3.26. The van der Waals surface area contributed by atoms with E-state index in [4.69, 9.17) is 15.2 Å². The van der Waals surface area contributed by atoms with Crippen molar-refractivity contribution in [3.63, 3.8) is 0 Å². The number of nitrogens with zero attached hydrogens (tertiary/aromatic N) is 2. The average molecular weight is 257 g/mol. The SMILES string of the molecule is COc1ccc(N)c(Oc2ncnc3c2CCC3)c1. The first-order valence-electron chi connectivity index (χ1n) is 6.22. The highest BCUT2D eigenvalue weighted by molar-refractivity contribution is 5.57. The molecule has 0 bridgehead atoms. The molecule has 1 aromatic carbocycles. The van der Waals surface area contributed by atoms with Crippen LogP contribution < -0.4 is 15.2 Å². The van der Waals surface area contributed by atoms with Crippen LogP contribution in [-0.2, 0) is 12.8 Å². The van der Waals surface area contributed by atoms with E-state index in [1.807, 2.05) is 0 Å². The molecule has 19 heavy (non-hydrogen) atoms. The van der Waals surface area contributed by atoms with E-state index in [-0.39, 0.29) is 0 Å². The molecule has 5 nitrogen and oxygen atoms in total. The zero-order valence-corrected chi connectivity index (χ0v) is 10.7. The predicted molar refractivity (Wildman–Crippen MR) is 71.5 cm³/mol. The molecule has 1 heterocycles. The topological polar surface area (TPSA) is 70.3 Å². The van der Waals surface area contributed by atoms with Crippen LogP contribution in [-0.4, -0.2) is 17.1 Å². The highest BCUT2D eigenvalue weighted by atomic mass is 16.5. The van der Waals surface area contributed by atoms with Gasteiger partial charge in [0.15, 0.2) is 5.75 Å². The second kappa shape index (κ2) is 4.76. The van der Waals surface area contributed by atoms with Gasteiger partial charge in [0.25, 0.3) is 0 Å². The molecule has 0 atom stereocenters. The van der Waals surface area contributed by atoms with Crippen LogP contribution in [0.4, 0.5) is 5.69 Å². The lowest BCUT2D eigenvalue weighted by Gasteiger charge is -2.11. The van der Waals surface area contributed by atoms with Crippen molar-refractivity contribution >= 4 is 5.69 Å². The lowest BCUT2D eigenvalue weighted by Crippen LogP contribution is -1.99. The van der Waals surface area contributed by atoms with E-state index in [0.29, 0.717) is 23.1 Å². The molecule has 1 aliphatic rings. The number of nitrogen functional groups attached to an aromatic ring is 1. The summed E-state index contributed by atoms with van der Waals surface area (Å²) < 4.78 is 11.0. The maximum Gasteiger partial charge on any atom is 0.225 e. The van der Waals surface area contributed by atoms with E-state index in [1.54, 1.807) is 25.3 Å². The molecule has 0 aliphatic heterocycles. The van der Waals surface area contributed by atoms with Gasteiger partial charge in [-0.1, -0.05) is 0 Å². The minimum absolute atomic E-state index is 0.561. The number of ether oxygens (including phenoxy) is 2. The minimum Gasteiger partial charge on any atom is -0.497 e. The number of rotatable bonds is 3. The van der Waals surface area contributed by atoms with E-state index in [2.05, 4.69) is 9.97 Å². The van der Waals surface area contributed by atoms with Crippen molar-refractivity contribution in [3.8, 4) is 17.4 Å². The first-order valence-corrected chi connectivity index (χ1v) is 6.22. The number of nitrogens with two attached hydrogens (primary N) is 1. The van der Waals surface area contributed by atoms with Crippen LogP contribution in [0.1, 0.15) is 17.7 Å². The molecule has 2 aromatic rings. The Labute approximate surface area is 111 Å². The Kier molecular flexibility index (Phi) is 2.95. The molecule has 0 unspecified atom stereocenters. The van der Waals surface area contributed by atoms with Crippen LogP contribution >= 0.6 is 0 Å². The summed E-state index contributed by atoms with van der Waals surface area (Å²) in [4.78, 5) is 8.48. The van der Waals surface area contributed by atoms with Gasteiger partial charge in [-0.2, -0.15) is 0 Å². The molecule has 3 rings (SSSR count). The van der Waals surface area contributed by atoms with Crippen LogP contribution in [0.15, 0.2) is 24.5 Å². The molecule has 0 saturated carbocycles. The molecule has 5 heteroatoms. The summed E-state index contributed by atoms with van der Waals surface area (Å²) in [5.41, 5.74) is 8.64. The highest BCUT2D eigenvalue weighted by Crippen LogP contribution is 2.34. The van der Waals surface area contributed by atoms with E-state index >= 15 is 0 Å². The van der Waals surface area contributed by atoms with Crippen LogP contribution in [0.5, 0.6) is 17.4 Å². The van der Waals surface area contributed by atoms with Crippen LogP contribution in [0.3, 0.4) is 0 Å². The Morgan fingerprint density at radius 1 is 1.21 bits per heavy atom. The van der Waals surface area contributed by atoms with E-state index < -0.39 is 0 Å². The first-order chi connectivity index (χ1) is 9.28. The molecule has 98 valence electrons. The number of hydrogen-bond acceptors (Lipinski definition) is 5. The van der Waals surface area contributed by atoms with E-state index in [1.165, 1.54) is 6.33 Å². The van der Waals surface area contributed by atoms with Gasteiger partial charge in [-0.25, -0.2) is 9.97 Å². The summed E-state index contributed by atoms with van der Waals surface area (Å²) in [6.07, 6.45) is 4.57. The minimum atomic E-state index is 0.561. The second-order valence-electron chi connectivity index (χ2n) is 4.46. The Morgan fingerprint density at radius 2 is 2.11 bits per heavy atom. The third kappa shape index (κ3) is 2.19. The normalized spacial score (nSPS) is 13.1. The highest BCUT2D eigenvalue weighted by Gasteiger charge is 2.19. The number of methoxy groups -OCH3 is 1. The lowest BCUT2D eigenvalue weighted by atomic mass is 10.2. The standard InChI is InChI=1S/C14H15N3O2/c1-18-9-5-6-11(15)13(7-9)19-14-10-3-2-4-12(10)16-8-17-14/h5-8H,2-4,15H2,1H3. The number of anilines is 1. The third-order valence-corrected chi connectivity index (χ3v) is 3.26. The monoisotopic (exact) mass is 257 g/mol. The summed E-state index contributed by atoms with van der Waals surface area (Å²) in [5, 5.41) is 0. The van der Waals surface area contributed by atoms with Gasteiger partial charge in [-0.05, 0) is 31.4 Å². The average Bonchev–Trinajstić information content (AvgIpc) is 2.90. The fraction of sp³-hybridized carbons (Fsp3) is 0.286. The van der Waals surface area contributed by atoms with Gasteiger partial charge in [0.2, 0.25) is 5.88 Å². The van der Waals surface area contributed by atoms with E-state index in [9.17, 15) is 0 Å². The smallest absolute Gasteiger partial charge is 0.225 e. The quantitative estimate of drug-likeness (QED) is 0.855. The van der Waals surface area contributed by atoms with Gasteiger partial charge < -0.3 is 15.2 Å². The fourth-order valence-electron chi connectivity index (χ4n) is 2.25. The van der Waals surface area contributed by atoms with Gasteiger partial charge in [-0.3, -0.25) is 0 Å². The van der Waals surface area contributed by atoms with Crippen molar-refractivity contribution in [2.24, 2.45) is 0 Å². The van der Waals surface area contributed by atoms with Crippen LogP contribution in [0.25, 0.3) is 0 Å². The Morgan fingerprint density at radius 3 is 2.95 bits per heavy atom. The Balaban J connectivity index is 1.96. The number of hydrogen-bond donors (Lipinski definition) is 1. The van der Waals surface area contributed by atoms with Crippen molar-refractivity contribution in [1.82, 2.24) is 9.97 Å². The zero-order valence-electron chi connectivity index (χ0n) is 10.7. The Hall–Kier alpha value is -2.30. The first kappa shape index (κ1) is 11.8. The lowest BCUT2D eigenvalue weighted by molar-refractivity contribution is 0.407. The van der Waals surface area contributed by atoms with Crippen LogP contribution in [0, 0.1) is 0 Å². The van der Waals surface area contributed by atoms with Crippen molar-refractivity contribution in [3.05, 3.63) is 35.8 Å². The number of aromatic nitrogens is 2. The summed E-state index contributed by atoms with van der Waals surface area (Å²) in [7, 11) is 1.61. The predicted octanol–water partition coefficient (Wildman–Crippen LogP) is 2.35. The summed E-state index contributed by atoms with van der Waals surface area (Å²) in [6, 6.07) is 5.32. The molecule has 2 N–H and O–H groups in total. The number of benzene rings is 1. The van der Waals surface area contributed by atoms with E-state index in [0.717, 1.165) is 30.5 Å². The molecular weight excluding hydrogens is 242 g/mol. The van der Waals surface area contributed by atoms with Crippen molar-refractivity contribution < 1.29 is 9.47 Å². The van der Waals surface area contributed by atoms with Gasteiger partial charge >= 0.3 is 0 Å². The summed E-state index contributed by atoms with van der Waals surface area (Å²) in [5.74, 6) is 1.87. The second-order valence-corrected chi connectivity index (χ2v) is 4.46. The largest absolute Gasteiger partial charge is 0.497 e. The molecule has 0 amide bonds. The molecule has 0 radical (unpaired) electrons. The zero-order chi connectivity index (χ0) is 13.2. The maximum atomic E-state index is 5.91. The van der Waals surface area contributed by atoms with Crippen molar-refractivity contribution in [2.45, 2.75) is 19.3 Å². The number of fused-ring (bicyclic) bond motifs is 1. The molecule has 1 aromatic heterocycles. The molecule has 0 spiro atoms. The van der Waals surface area contributed by atoms with Gasteiger partial charge in [-0.15, -0.1) is 0 Å². The van der Waals surface area contributed by atoms with Gasteiger partial charge in [0.1, 0.15) is 12.1 Å². The van der Waals surface area contributed by atoms with Crippen LogP contribution in [0.2, 0.25) is 0 Å². The molecule has 1 aliphatic carbocycles. The summed E-state index contributed by atoms with van der Waals surface area (Å²) >= 11 is 0. The summed E-state index contributed by atoms with van der Waals surface area (Å²) in [6.45, 7) is 0. The maximum absolute atomic E-state index is 5.91. The van der Waals surface area contributed by atoms with Crippen molar-refractivity contribution in [1.29, 1.82) is 0 Å².